The van der Waals surface area contributed by atoms with E-state index in [9.17, 15) is 31.2 Å². The number of carboxylic acid groups (broad SMARTS) is 1. The highest BCUT2D eigenvalue weighted by Gasteiger charge is 2.38. The average Bonchev–Trinajstić information content (AvgIpc) is 2.77. The summed E-state index contributed by atoms with van der Waals surface area (Å²) in [6.45, 7) is 2.98. The lowest BCUT2D eigenvalue weighted by molar-refractivity contribution is -0.192. The van der Waals surface area contributed by atoms with Gasteiger partial charge < -0.3 is 27.1 Å². The van der Waals surface area contributed by atoms with E-state index >= 15 is 0 Å². The molecular weight excluding hydrogens is 561 g/mol. The lowest BCUT2D eigenvalue weighted by Gasteiger charge is -2.24. The van der Waals surface area contributed by atoms with Crippen molar-refractivity contribution in [3.63, 3.8) is 0 Å². The maximum absolute atomic E-state index is 13.0. The van der Waals surface area contributed by atoms with Crippen LogP contribution in [0.15, 0.2) is 46.3 Å². The van der Waals surface area contributed by atoms with Crippen LogP contribution in [0, 0.1) is 6.92 Å². The van der Waals surface area contributed by atoms with Crippen LogP contribution >= 0.6 is 11.6 Å². The predicted octanol–water partition coefficient (Wildman–Crippen LogP) is 1.01. The summed E-state index contributed by atoms with van der Waals surface area (Å²) in [4.78, 5) is 39.1. The molecule has 1 aromatic heterocycles. The summed E-state index contributed by atoms with van der Waals surface area (Å²) in [5.41, 5.74) is 15.5. The van der Waals surface area contributed by atoms with Gasteiger partial charge in [0.05, 0.1) is 5.75 Å². The largest absolute Gasteiger partial charge is 0.490 e. The van der Waals surface area contributed by atoms with Crippen molar-refractivity contribution in [1.82, 2.24) is 4.57 Å². The molecule has 0 radical (unpaired) electrons. The first-order chi connectivity index (χ1) is 17.4. The van der Waals surface area contributed by atoms with E-state index in [0.717, 1.165) is 4.57 Å². The molecule has 0 spiro atoms. The molecular formula is C20H24ClF3N6O7S. The van der Waals surface area contributed by atoms with E-state index in [2.05, 4.69) is 9.88 Å². The van der Waals surface area contributed by atoms with E-state index in [4.69, 9.17) is 43.5 Å². The molecule has 1 heterocycles. The van der Waals surface area contributed by atoms with Gasteiger partial charge in [0.25, 0.3) is 5.56 Å². The van der Waals surface area contributed by atoms with Crippen molar-refractivity contribution in [2.45, 2.75) is 37.9 Å². The fourth-order valence-electron chi connectivity index (χ4n) is 2.86. The molecule has 8 N–H and O–H groups in total. The molecule has 210 valence electrons. The summed E-state index contributed by atoms with van der Waals surface area (Å²) in [5.74, 6) is -4.50. The van der Waals surface area contributed by atoms with Gasteiger partial charge in [-0.15, -0.1) is 0 Å². The quantitative estimate of drug-likeness (QED) is 0.161. The zero-order chi connectivity index (χ0) is 29.4. The van der Waals surface area contributed by atoms with Crippen molar-refractivity contribution in [1.29, 1.82) is 0 Å². The Morgan fingerprint density at radius 3 is 2.21 bits per heavy atom. The van der Waals surface area contributed by atoms with Crippen molar-refractivity contribution in [3.05, 3.63) is 63.0 Å². The highest BCUT2D eigenvalue weighted by Crippen LogP contribution is 2.20. The Bertz CT molecular complexity index is 1360. The van der Waals surface area contributed by atoms with E-state index in [-0.39, 0.29) is 16.7 Å². The van der Waals surface area contributed by atoms with Gasteiger partial charge in [-0.3, -0.25) is 18.9 Å². The van der Waals surface area contributed by atoms with Crippen molar-refractivity contribution in [2.24, 2.45) is 22.4 Å². The fourth-order valence-corrected chi connectivity index (χ4v) is 4.37. The highest BCUT2D eigenvalue weighted by molar-refractivity contribution is 7.91. The van der Waals surface area contributed by atoms with Crippen molar-refractivity contribution in [3.8, 4) is 0 Å². The number of carboxylic acids is 1. The van der Waals surface area contributed by atoms with Gasteiger partial charge >= 0.3 is 12.1 Å². The first kappa shape index (κ1) is 32.0. The Hall–Kier alpha value is -3.99. The van der Waals surface area contributed by atoms with Crippen molar-refractivity contribution >= 4 is 45.1 Å². The number of amides is 1. The zero-order valence-corrected chi connectivity index (χ0v) is 21.3. The Kier molecular flexibility index (Phi) is 11.0. The number of hydrogen-bond donors (Lipinski definition) is 5. The molecule has 0 aliphatic carbocycles. The van der Waals surface area contributed by atoms with Crippen LogP contribution in [0.1, 0.15) is 24.2 Å². The molecule has 0 saturated carbocycles. The molecule has 0 saturated heterocycles. The number of nitrogens with one attached hydrogen (secondary N) is 1. The average molecular weight is 585 g/mol. The molecule has 1 aromatic carbocycles. The van der Waals surface area contributed by atoms with Gasteiger partial charge in [0.2, 0.25) is 21.9 Å². The molecule has 2 atom stereocenters. The summed E-state index contributed by atoms with van der Waals surface area (Å²) in [6.07, 6.45) is -6.12. The van der Waals surface area contributed by atoms with E-state index < -0.39 is 51.5 Å². The van der Waals surface area contributed by atoms with E-state index in [0.29, 0.717) is 11.3 Å². The SMILES string of the molecule is Cc1ccc(NS(=O)(=O)Cc2ccccc2Cl)c(=O)n1C(C(N)=O)C(C)ON=C(N)N.O=C(O)C(F)(F)F. The Balaban J connectivity index is 0.000000905. The minimum absolute atomic E-state index is 0.272. The van der Waals surface area contributed by atoms with Crippen LogP contribution in [-0.2, 0) is 30.2 Å². The van der Waals surface area contributed by atoms with E-state index in [1.807, 2.05) is 0 Å². The number of carbonyl (C=O) groups excluding carboxylic acids is 1. The molecule has 0 bridgehead atoms. The standard InChI is InChI=1S/C18H23ClN6O5S.C2HF3O2/c1-10-7-8-14(24-31(28,29)9-12-5-3-4-6-13(12)19)17(27)25(10)15(16(20)26)11(2)30-23-18(21)22;3-2(4,5)1(6)7/h3-8,11,15,24H,9H2,1-2H3,(H2,20,26)(H4,21,22,23);(H,6,7). The molecule has 2 unspecified atom stereocenters. The lowest BCUT2D eigenvalue weighted by atomic mass is 10.1. The monoisotopic (exact) mass is 584 g/mol. The smallest absolute Gasteiger partial charge is 0.475 e. The van der Waals surface area contributed by atoms with Crippen LogP contribution in [0.5, 0.6) is 0 Å². The predicted molar refractivity (Wildman–Crippen MR) is 131 cm³/mol. The summed E-state index contributed by atoms with van der Waals surface area (Å²) in [6, 6.07) is 7.85. The second-order valence-electron chi connectivity index (χ2n) is 7.49. The Morgan fingerprint density at radius 2 is 1.74 bits per heavy atom. The Morgan fingerprint density at radius 1 is 1.18 bits per heavy atom. The van der Waals surface area contributed by atoms with Gasteiger partial charge in [0, 0.05) is 10.7 Å². The normalized spacial score (nSPS) is 12.8. The maximum atomic E-state index is 13.0. The minimum atomic E-state index is -5.08. The van der Waals surface area contributed by atoms with Gasteiger partial charge in [0.1, 0.15) is 5.69 Å². The zero-order valence-electron chi connectivity index (χ0n) is 19.8. The lowest BCUT2D eigenvalue weighted by Crippen LogP contribution is -2.42. The number of primary amides is 1. The number of carbonyl (C=O) groups is 2. The molecule has 38 heavy (non-hydrogen) atoms. The summed E-state index contributed by atoms with van der Waals surface area (Å²) < 4.78 is 60.2. The summed E-state index contributed by atoms with van der Waals surface area (Å²) >= 11 is 6.02. The number of halogens is 4. The van der Waals surface area contributed by atoms with Gasteiger partial charge in [-0.2, -0.15) is 13.2 Å². The maximum Gasteiger partial charge on any atom is 0.490 e. The third-order valence-corrected chi connectivity index (χ3v) is 6.06. The number of guanidine groups is 1. The first-order valence-corrected chi connectivity index (χ1v) is 12.2. The molecule has 13 nitrogen and oxygen atoms in total. The highest BCUT2D eigenvalue weighted by atomic mass is 35.5. The van der Waals surface area contributed by atoms with Gasteiger partial charge in [-0.25, -0.2) is 13.2 Å². The van der Waals surface area contributed by atoms with Crippen LogP contribution in [0.2, 0.25) is 5.02 Å². The molecule has 0 aliphatic rings. The van der Waals surface area contributed by atoms with Gasteiger partial charge in [-0.05, 0) is 42.8 Å². The van der Waals surface area contributed by atoms with Crippen molar-refractivity contribution < 1.29 is 41.1 Å². The number of nitrogens with zero attached hydrogens (tertiary/aromatic N) is 2. The third kappa shape index (κ3) is 9.47. The van der Waals surface area contributed by atoms with Crippen LogP contribution < -0.4 is 27.5 Å². The van der Waals surface area contributed by atoms with E-state index in [1.54, 1.807) is 31.2 Å². The van der Waals surface area contributed by atoms with Crippen LogP contribution in [0.4, 0.5) is 18.9 Å². The number of sulfonamides is 1. The molecule has 2 rings (SSSR count). The topological polar surface area (TPSA) is 222 Å². The number of alkyl halides is 3. The minimum Gasteiger partial charge on any atom is -0.475 e. The van der Waals surface area contributed by atoms with Crippen LogP contribution in [0.25, 0.3) is 0 Å². The second-order valence-corrected chi connectivity index (χ2v) is 9.62. The molecule has 1 amide bonds. The number of nitrogens with two attached hydrogens (primary N) is 3. The number of rotatable bonds is 9. The van der Waals surface area contributed by atoms with Crippen LogP contribution in [0.3, 0.4) is 0 Å². The van der Waals surface area contributed by atoms with Crippen LogP contribution in [-0.4, -0.2) is 48.2 Å². The number of oxime groups is 1. The Labute approximate surface area is 219 Å². The first-order valence-electron chi connectivity index (χ1n) is 10.2. The third-order valence-electron chi connectivity index (χ3n) is 4.47. The van der Waals surface area contributed by atoms with Gasteiger partial charge in [-0.1, -0.05) is 29.8 Å². The molecule has 2 aromatic rings. The fraction of sp³-hybridized carbons (Fsp3) is 0.300. The number of aromatic nitrogens is 1. The molecule has 18 heteroatoms. The van der Waals surface area contributed by atoms with Gasteiger partial charge in [0.15, 0.2) is 12.1 Å². The number of pyridine rings is 1. The number of hydrogen-bond acceptors (Lipinski definition) is 7. The molecule has 0 aliphatic heterocycles. The number of anilines is 1. The van der Waals surface area contributed by atoms with E-state index in [1.165, 1.54) is 19.1 Å². The number of aliphatic carboxylic acids is 1. The number of benzene rings is 1. The molecule has 0 fully saturated rings. The summed E-state index contributed by atoms with van der Waals surface area (Å²) in [5, 5.41) is 10.8. The second kappa shape index (κ2) is 13.0. The van der Waals surface area contributed by atoms with Crippen molar-refractivity contribution in [2.75, 3.05) is 4.72 Å². The summed E-state index contributed by atoms with van der Waals surface area (Å²) in [7, 11) is -4.00. The number of aryl methyl sites for hydroxylation is 1.